The molecule has 188 valence electrons. The average molecular weight is 540 g/mol. The molecule has 0 fully saturated rings. The van der Waals surface area contributed by atoms with E-state index in [1.165, 1.54) is 0 Å². The number of unbranched alkanes of at least 4 members (excludes halogenated alkanes) is 1. The van der Waals surface area contributed by atoms with E-state index in [-0.39, 0.29) is 18.8 Å². The highest BCUT2D eigenvalue weighted by molar-refractivity contribution is 7.90. The summed E-state index contributed by atoms with van der Waals surface area (Å²) >= 11 is 12.3. The molecule has 11 heteroatoms. The second-order valence-electron chi connectivity index (χ2n) is 7.80. The zero-order chi connectivity index (χ0) is 25.3. The van der Waals surface area contributed by atoms with Crippen molar-refractivity contribution in [3.63, 3.8) is 0 Å². The third kappa shape index (κ3) is 8.76. The minimum atomic E-state index is -3.95. The van der Waals surface area contributed by atoms with Gasteiger partial charge in [-0.05, 0) is 29.7 Å². The standard InChI is InChI=1S/C24H27Cl2N3O5S/c1-2-3-12-33-23-15-21(29(27-23)16-19-9-10-20(25)14-22(19)26)11-13-35(31,32)28-24(30)34-17-18-7-5-4-6-8-18/h4-10,14-15H,2-3,11-13,16-17H2,1H3,(H,28,30). The van der Waals surface area contributed by atoms with Crippen LogP contribution in [0.2, 0.25) is 10.0 Å². The predicted molar refractivity (Wildman–Crippen MR) is 135 cm³/mol. The van der Waals surface area contributed by atoms with Crippen LogP contribution in [0.4, 0.5) is 4.79 Å². The van der Waals surface area contributed by atoms with Crippen molar-refractivity contribution in [1.29, 1.82) is 0 Å². The number of aryl methyl sites for hydroxylation is 1. The second kappa shape index (κ2) is 12.8. The summed E-state index contributed by atoms with van der Waals surface area (Å²) in [5.74, 6) is 0.0492. The molecule has 8 nitrogen and oxygen atoms in total. The van der Waals surface area contributed by atoms with Gasteiger partial charge in [0, 0.05) is 28.2 Å². The maximum Gasteiger partial charge on any atom is 0.421 e. The van der Waals surface area contributed by atoms with E-state index in [1.807, 2.05) is 10.8 Å². The highest BCUT2D eigenvalue weighted by Gasteiger charge is 2.19. The Labute approximate surface area is 215 Å². The van der Waals surface area contributed by atoms with Gasteiger partial charge in [0.1, 0.15) is 6.61 Å². The number of carbonyl (C=O) groups is 1. The molecule has 2 aromatic carbocycles. The van der Waals surface area contributed by atoms with Crippen molar-refractivity contribution in [2.45, 2.75) is 39.3 Å². The van der Waals surface area contributed by atoms with Crippen LogP contribution in [-0.2, 0) is 34.3 Å². The zero-order valence-corrected chi connectivity index (χ0v) is 21.6. The van der Waals surface area contributed by atoms with Gasteiger partial charge < -0.3 is 9.47 Å². The number of aromatic nitrogens is 2. The first-order chi connectivity index (χ1) is 16.8. The van der Waals surface area contributed by atoms with Crippen LogP contribution in [0.3, 0.4) is 0 Å². The van der Waals surface area contributed by atoms with Crippen molar-refractivity contribution < 1.29 is 22.7 Å². The molecular weight excluding hydrogens is 513 g/mol. The Morgan fingerprint density at radius 3 is 2.60 bits per heavy atom. The normalized spacial score (nSPS) is 11.3. The van der Waals surface area contributed by atoms with E-state index in [0.717, 1.165) is 24.0 Å². The highest BCUT2D eigenvalue weighted by atomic mass is 35.5. The molecule has 0 aliphatic rings. The summed E-state index contributed by atoms with van der Waals surface area (Å²) in [5.41, 5.74) is 2.14. The zero-order valence-electron chi connectivity index (χ0n) is 19.2. The molecule has 1 heterocycles. The highest BCUT2D eigenvalue weighted by Crippen LogP contribution is 2.23. The van der Waals surface area contributed by atoms with E-state index in [4.69, 9.17) is 32.7 Å². The average Bonchev–Trinajstić information content (AvgIpc) is 3.20. The monoisotopic (exact) mass is 539 g/mol. The first-order valence-electron chi connectivity index (χ1n) is 11.1. The van der Waals surface area contributed by atoms with Crippen LogP contribution in [0, 0.1) is 0 Å². The molecule has 0 aliphatic carbocycles. The lowest BCUT2D eigenvalue weighted by atomic mass is 10.2. The van der Waals surface area contributed by atoms with Gasteiger partial charge in [0.15, 0.2) is 0 Å². The van der Waals surface area contributed by atoms with Crippen molar-refractivity contribution in [2.75, 3.05) is 12.4 Å². The molecule has 0 atom stereocenters. The van der Waals surface area contributed by atoms with Crippen LogP contribution in [0.1, 0.15) is 36.6 Å². The number of amides is 1. The fourth-order valence-corrected chi connectivity index (χ4v) is 4.50. The lowest BCUT2D eigenvalue weighted by Crippen LogP contribution is -2.33. The van der Waals surface area contributed by atoms with Gasteiger partial charge in [-0.15, -0.1) is 5.10 Å². The molecule has 0 saturated carbocycles. The number of benzene rings is 2. The van der Waals surface area contributed by atoms with Crippen LogP contribution in [0.15, 0.2) is 54.6 Å². The lowest BCUT2D eigenvalue weighted by molar-refractivity contribution is 0.146. The number of carbonyl (C=O) groups excluding carboxylic acids is 1. The summed E-state index contributed by atoms with van der Waals surface area (Å²) in [6, 6.07) is 15.8. The van der Waals surface area contributed by atoms with Gasteiger partial charge in [0.05, 0.1) is 18.9 Å². The minimum absolute atomic E-state index is 0.0325. The largest absolute Gasteiger partial charge is 0.477 e. The van der Waals surface area contributed by atoms with Gasteiger partial charge in [0.2, 0.25) is 15.9 Å². The summed E-state index contributed by atoms with van der Waals surface area (Å²) in [7, 11) is -3.95. The second-order valence-corrected chi connectivity index (χ2v) is 10.5. The summed E-state index contributed by atoms with van der Waals surface area (Å²) in [5, 5.41) is 5.45. The summed E-state index contributed by atoms with van der Waals surface area (Å²) in [6.07, 6.45) is 0.905. The molecule has 0 aliphatic heterocycles. The molecule has 35 heavy (non-hydrogen) atoms. The van der Waals surface area contributed by atoms with Gasteiger partial charge in [-0.1, -0.05) is 72.9 Å². The third-order valence-electron chi connectivity index (χ3n) is 5.00. The Kier molecular flexibility index (Phi) is 9.83. The molecule has 0 radical (unpaired) electrons. The predicted octanol–water partition coefficient (Wildman–Crippen LogP) is 5.22. The van der Waals surface area contributed by atoms with Crippen molar-refractivity contribution in [1.82, 2.24) is 14.5 Å². The fraction of sp³-hybridized carbons (Fsp3) is 0.333. The molecule has 0 unspecified atom stereocenters. The van der Waals surface area contributed by atoms with Crippen molar-refractivity contribution >= 4 is 39.3 Å². The lowest BCUT2D eigenvalue weighted by Gasteiger charge is -2.10. The Morgan fingerprint density at radius 2 is 1.89 bits per heavy atom. The fourth-order valence-electron chi connectivity index (χ4n) is 3.14. The van der Waals surface area contributed by atoms with Gasteiger partial charge in [0.25, 0.3) is 0 Å². The van der Waals surface area contributed by atoms with Gasteiger partial charge in [-0.25, -0.2) is 17.9 Å². The Balaban J connectivity index is 1.65. The quantitative estimate of drug-likeness (QED) is 0.317. The molecule has 0 spiro atoms. The minimum Gasteiger partial charge on any atom is -0.477 e. The van der Waals surface area contributed by atoms with E-state index in [2.05, 4.69) is 12.0 Å². The van der Waals surface area contributed by atoms with Crippen LogP contribution in [0.5, 0.6) is 5.88 Å². The van der Waals surface area contributed by atoms with Crippen molar-refractivity contribution in [3.8, 4) is 5.88 Å². The van der Waals surface area contributed by atoms with Crippen LogP contribution in [-0.4, -0.2) is 36.7 Å². The topological polar surface area (TPSA) is 99.5 Å². The van der Waals surface area contributed by atoms with Crippen LogP contribution in [0.25, 0.3) is 0 Å². The van der Waals surface area contributed by atoms with Crippen LogP contribution >= 0.6 is 23.2 Å². The first kappa shape index (κ1) is 26.8. The molecule has 1 N–H and O–H groups in total. The number of nitrogens with one attached hydrogen (secondary N) is 1. The number of hydrogen-bond acceptors (Lipinski definition) is 6. The van der Waals surface area contributed by atoms with Gasteiger partial charge >= 0.3 is 6.09 Å². The summed E-state index contributed by atoms with van der Waals surface area (Å²) < 4.78 is 39.3. The van der Waals surface area contributed by atoms with E-state index in [9.17, 15) is 13.2 Å². The van der Waals surface area contributed by atoms with Crippen LogP contribution < -0.4 is 9.46 Å². The van der Waals surface area contributed by atoms with E-state index >= 15 is 0 Å². The Hall–Kier alpha value is -2.75. The Morgan fingerprint density at radius 1 is 1.11 bits per heavy atom. The Bertz CT molecular complexity index is 1230. The smallest absolute Gasteiger partial charge is 0.421 e. The number of hydrogen-bond donors (Lipinski definition) is 1. The molecule has 1 aromatic heterocycles. The van der Waals surface area contributed by atoms with Gasteiger partial charge in [-0.2, -0.15) is 0 Å². The molecule has 0 saturated heterocycles. The number of sulfonamides is 1. The van der Waals surface area contributed by atoms with E-state index in [1.54, 1.807) is 53.2 Å². The number of halogens is 2. The summed E-state index contributed by atoms with van der Waals surface area (Å²) in [6.45, 7) is 2.82. The SMILES string of the molecule is CCCCOc1cc(CCS(=O)(=O)NC(=O)OCc2ccccc2)n(Cc2ccc(Cl)cc2Cl)n1. The molecule has 3 aromatic rings. The first-order valence-corrected chi connectivity index (χ1v) is 13.5. The van der Waals surface area contributed by atoms with Crippen molar-refractivity contribution in [3.05, 3.63) is 81.5 Å². The molecular formula is C24H27Cl2N3O5S. The molecule has 0 bridgehead atoms. The number of rotatable bonds is 12. The van der Waals surface area contributed by atoms with Gasteiger partial charge in [-0.3, -0.25) is 4.68 Å². The summed E-state index contributed by atoms with van der Waals surface area (Å²) in [4.78, 5) is 12.0. The van der Waals surface area contributed by atoms with E-state index in [0.29, 0.717) is 34.8 Å². The van der Waals surface area contributed by atoms with E-state index < -0.39 is 16.1 Å². The number of ether oxygens (including phenoxy) is 2. The molecule has 1 amide bonds. The maximum absolute atomic E-state index is 12.5. The molecule has 3 rings (SSSR count). The maximum atomic E-state index is 12.5. The van der Waals surface area contributed by atoms with Crippen molar-refractivity contribution in [2.24, 2.45) is 0 Å². The third-order valence-corrected chi connectivity index (χ3v) is 6.81. The number of nitrogens with zero attached hydrogens (tertiary/aromatic N) is 2.